The lowest BCUT2D eigenvalue weighted by Gasteiger charge is -2.19. The molecule has 2 rings (SSSR count). The van der Waals surface area contributed by atoms with Crippen molar-refractivity contribution in [1.29, 1.82) is 0 Å². The van der Waals surface area contributed by atoms with Gasteiger partial charge in [0.1, 0.15) is 5.82 Å². The molecule has 0 aromatic heterocycles. The van der Waals surface area contributed by atoms with E-state index in [4.69, 9.17) is 0 Å². The maximum atomic E-state index is 12.8. The molecule has 0 atom stereocenters. The lowest BCUT2D eigenvalue weighted by molar-refractivity contribution is -0.120. The lowest BCUT2D eigenvalue weighted by Crippen LogP contribution is -2.27. The van der Waals surface area contributed by atoms with E-state index in [1.54, 1.807) is 12.1 Å². The first kappa shape index (κ1) is 17.9. The minimum Gasteiger partial charge on any atom is -0.356 e. The van der Waals surface area contributed by atoms with E-state index in [1.807, 2.05) is 0 Å². The van der Waals surface area contributed by atoms with Crippen molar-refractivity contribution < 1.29 is 9.18 Å². The molecule has 1 N–H and O–H groups in total. The molecular formula is C19H29FN2O. The highest BCUT2D eigenvalue weighted by Crippen LogP contribution is 2.10. The first-order chi connectivity index (χ1) is 11.2. The molecule has 3 nitrogen and oxygen atoms in total. The van der Waals surface area contributed by atoms with E-state index < -0.39 is 0 Å². The van der Waals surface area contributed by atoms with Gasteiger partial charge in [-0.25, -0.2) is 4.39 Å². The van der Waals surface area contributed by atoms with Crippen LogP contribution in [0.15, 0.2) is 24.3 Å². The van der Waals surface area contributed by atoms with E-state index in [9.17, 15) is 9.18 Å². The van der Waals surface area contributed by atoms with Crippen LogP contribution in [0.5, 0.6) is 0 Å². The van der Waals surface area contributed by atoms with Gasteiger partial charge < -0.3 is 10.2 Å². The molecule has 128 valence electrons. The van der Waals surface area contributed by atoms with Gasteiger partial charge in [-0.2, -0.15) is 0 Å². The largest absolute Gasteiger partial charge is 0.356 e. The van der Waals surface area contributed by atoms with Crippen LogP contribution in [-0.4, -0.2) is 37.0 Å². The minimum absolute atomic E-state index is 0.0177. The summed E-state index contributed by atoms with van der Waals surface area (Å²) in [5, 5.41) is 2.95. The van der Waals surface area contributed by atoms with Gasteiger partial charge in [0.15, 0.2) is 0 Å². The number of amides is 1. The number of nitrogens with zero attached hydrogens (tertiary/aromatic N) is 1. The predicted molar refractivity (Wildman–Crippen MR) is 91.9 cm³/mol. The fourth-order valence-electron chi connectivity index (χ4n) is 3.07. The number of hydrogen-bond donors (Lipinski definition) is 1. The van der Waals surface area contributed by atoms with E-state index >= 15 is 0 Å². The molecule has 1 heterocycles. The summed E-state index contributed by atoms with van der Waals surface area (Å²) in [6.07, 6.45) is 9.20. The van der Waals surface area contributed by atoms with E-state index in [0.717, 1.165) is 24.9 Å². The summed E-state index contributed by atoms with van der Waals surface area (Å²) in [7, 11) is 0. The second-order valence-electron chi connectivity index (χ2n) is 6.47. The average Bonchev–Trinajstić information content (AvgIpc) is 2.82. The molecule has 23 heavy (non-hydrogen) atoms. The summed E-state index contributed by atoms with van der Waals surface area (Å²) in [6.45, 7) is 4.45. The van der Waals surface area contributed by atoms with Gasteiger partial charge in [0, 0.05) is 6.54 Å². The molecule has 1 fully saturated rings. The molecule has 0 unspecified atom stereocenters. The predicted octanol–water partition coefficient (Wildman–Crippen LogP) is 3.53. The molecular weight excluding hydrogens is 291 g/mol. The first-order valence-corrected chi connectivity index (χ1v) is 8.97. The molecule has 0 radical (unpaired) electrons. The molecule has 1 aliphatic rings. The van der Waals surface area contributed by atoms with Gasteiger partial charge in [0.2, 0.25) is 5.91 Å². The highest BCUT2D eigenvalue weighted by atomic mass is 19.1. The molecule has 1 saturated heterocycles. The monoisotopic (exact) mass is 320 g/mol. The second kappa shape index (κ2) is 10.4. The number of hydrogen-bond acceptors (Lipinski definition) is 2. The minimum atomic E-state index is -0.265. The number of benzene rings is 1. The Hall–Kier alpha value is -1.42. The summed E-state index contributed by atoms with van der Waals surface area (Å²) in [4.78, 5) is 14.4. The van der Waals surface area contributed by atoms with Crippen LogP contribution in [0.3, 0.4) is 0 Å². The van der Waals surface area contributed by atoms with E-state index in [2.05, 4.69) is 10.2 Å². The van der Waals surface area contributed by atoms with Crippen molar-refractivity contribution in [3.8, 4) is 0 Å². The van der Waals surface area contributed by atoms with Gasteiger partial charge in [-0.15, -0.1) is 0 Å². The van der Waals surface area contributed by atoms with Crippen LogP contribution in [0.25, 0.3) is 0 Å². The third-order valence-corrected chi connectivity index (χ3v) is 4.45. The molecule has 1 aliphatic heterocycles. The third-order valence-electron chi connectivity index (χ3n) is 4.45. The highest BCUT2D eigenvalue weighted by molar-refractivity contribution is 5.78. The van der Waals surface area contributed by atoms with Gasteiger partial charge in [-0.1, -0.05) is 31.4 Å². The van der Waals surface area contributed by atoms with E-state index in [-0.39, 0.29) is 11.7 Å². The molecule has 1 aromatic rings. The lowest BCUT2D eigenvalue weighted by atomic mass is 10.1. The fourth-order valence-corrected chi connectivity index (χ4v) is 3.07. The van der Waals surface area contributed by atoms with Crippen LogP contribution in [0, 0.1) is 5.82 Å². The van der Waals surface area contributed by atoms with Crippen LogP contribution >= 0.6 is 0 Å². The Morgan fingerprint density at radius 1 is 1.00 bits per heavy atom. The molecule has 0 saturated carbocycles. The first-order valence-electron chi connectivity index (χ1n) is 8.97. The van der Waals surface area contributed by atoms with Crippen LogP contribution in [0.4, 0.5) is 4.39 Å². The van der Waals surface area contributed by atoms with Crippen molar-refractivity contribution >= 4 is 5.91 Å². The normalized spacial score (nSPS) is 16.0. The van der Waals surface area contributed by atoms with Gasteiger partial charge in [0.25, 0.3) is 0 Å². The van der Waals surface area contributed by atoms with E-state index in [1.165, 1.54) is 63.9 Å². The van der Waals surface area contributed by atoms with Crippen molar-refractivity contribution in [2.45, 2.75) is 51.4 Å². The third kappa shape index (κ3) is 7.60. The van der Waals surface area contributed by atoms with Crippen molar-refractivity contribution in [2.75, 3.05) is 26.2 Å². The van der Waals surface area contributed by atoms with Gasteiger partial charge in [-0.05, 0) is 63.0 Å². The molecule has 0 bridgehead atoms. The molecule has 1 amide bonds. The Morgan fingerprint density at radius 2 is 1.70 bits per heavy atom. The summed E-state index contributed by atoms with van der Waals surface area (Å²) in [5.74, 6) is -0.248. The Morgan fingerprint density at radius 3 is 2.39 bits per heavy atom. The average molecular weight is 320 g/mol. The van der Waals surface area contributed by atoms with Gasteiger partial charge >= 0.3 is 0 Å². The number of carbonyl (C=O) groups excluding carboxylic acids is 1. The number of unbranched alkanes of at least 4 members (excludes halogenated alkanes) is 2. The van der Waals surface area contributed by atoms with Crippen LogP contribution in [0.1, 0.15) is 50.5 Å². The van der Waals surface area contributed by atoms with Crippen molar-refractivity contribution in [2.24, 2.45) is 0 Å². The van der Waals surface area contributed by atoms with Crippen molar-refractivity contribution in [1.82, 2.24) is 10.2 Å². The standard InChI is InChI=1S/C19H29FN2O/c20-18-10-8-17(9-11-18)16-19(23)21-12-4-3-7-15-22-13-5-1-2-6-14-22/h8-11H,1-7,12-16H2,(H,21,23). The fraction of sp³-hybridized carbons (Fsp3) is 0.632. The zero-order chi connectivity index (χ0) is 16.3. The molecule has 4 heteroatoms. The van der Waals surface area contributed by atoms with Gasteiger partial charge in [-0.3, -0.25) is 4.79 Å². The zero-order valence-corrected chi connectivity index (χ0v) is 14.0. The summed E-state index contributed by atoms with van der Waals surface area (Å²) >= 11 is 0. The Kier molecular flexibility index (Phi) is 8.08. The Bertz CT molecular complexity index is 453. The molecule has 0 aliphatic carbocycles. The van der Waals surface area contributed by atoms with Crippen molar-refractivity contribution in [3.05, 3.63) is 35.6 Å². The smallest absolute Gasteiger partial charge is 0.224 e. The summed E-state index contributed by atoms with van der Waals surface area (Å²) in [6, 6.07) is 6.11. The van der Waals surface area contributed by atoms with Gasteiger partial charge in [0.05, 0.1) is 6.42 Å². The maximum Gasteiger partial charge on any atom is 0.224 e. The van der Waals surface area contributed by atoms with Crippen LogP contribution < -0.4 is 5.32 Å². The summed E-state index contributed by atoms with van der Waals surface area (Å²) in [5.41, 5.74) is 0.852. The summed E-state index contributed by atoms with van der Waals surface area (Å²) < 4.78 is 12.8. The van der Waals surface area contributed by atoms with Crippen molar-refractivity contribution in [3.63, 3.8) is 0 Å². The number of likely N-dealkylation sites (tertiary alicyclic amines) is 1. The second-order valence-corrected chi connectivity index (χ2v) is 6.47. The Balaban J connectivity index is 1.49. The number of nitrogens with one attached hydrogen (secondary N) is 1. The maximum absolute atomic E-state index is 12.8. The SMILES string of the molecule is O=C(Cc1ccc(F)cc1)NCCCCCN1CCCCCC1. The topological polar surface area (TPSA) is 32.3 Å². The molecule has 0 spiro atoms. The zero-order valence-electron chi connectivity index (χ0n) is 14.0. The molecule has 1 aromatic carbocycles. The highest BCUT2D eigenvalue weighted by Gasteiger charge is 2.08. The van der Waals surface area contributed by atoms with E-state index in [0.29, 0.717) is 6.42 Å². The number of rotatable bonds is 8. The number of halogens is 1. The Labute approximate surface area is 139 Å². The number of carbonyl (C=O) groups is 1. The van der Waals surface area contributed by atoms with Crippen LogP contribution in [0.2, 0.25) is 0 Å². The quantitative estimate of drug-likeness (QED) is 0.743. The van der Waals surface area contributed by atoms with Crippen LogP contribution in [-0.2, 0) is 11.2 Å².